The number of amides is 1. The van der Waals surface area contributed by atoms with Crippen LogP contribution in [0.3, 0.4) is 0 Å². The fraction of sp³-hybridized carbons (Fsp3) is 0.485. The van der Waals surface area contributed by atoms with Crippen LogP contribution < -0.4 is 10.2 Å². The van der Waals surface area contributed by atoms with E-state index in [0.29, 0.717) is 11.3 Å². The van der Waals surface area contributed by atoms with Gasteiger partial charge in [-0.1, -0.05) is 28.1 Å². The number of fused-ring (bicyclic) bond motifs is 4. The number of hydrogen-bond donors (Lipinski definition) is 1. The van der Waals surface area contributed by atoms with Crippen LogP contribution in [0.1, 0.15) is 43.4 Å². The van der Waals surface area contributed by atoms with Crippen molar-refractivity contribution in [1.82, 2.24) is 10.2 Å². The lowest BCUT2D eigenvalue weighted by Crippen LogP contribution is -2.37. The molecule has 4 fully saturated rings. The third-order valence-electron chi connectivity index (χ3n) is 9.34. The van der Waals surface area contributed by atoms with Gasteiger partial charge >= 0.3 is 6.09 Å². The number of piperidine rings is 2. The van der Waals surface area contributed by atoms with Crippen LogP contribution in [0, 0.1) is 11.8 Å². The van der Waals surface area contributed by atoms with E-state index in [-0.39, 0.29) is 11.5 Å². The van der Waals surface area contributed by atoms with Gasteiger partial charge in [0.15, 0.2) is 0 Å². The molecule has 4 unspecified atom stereocenters. The minimum absolute atomic E-state index is 0.173. The van der Waals surface area contributed by atoms with Crippen molar-refractivity contribution in [1.29, 1.82) is 0 Å². The van der Waals surface area contributed by atoms with Crippen molar-refractivity contribution < 1.29 is 9.53 Å². The summed E-state index contributed by atoms with van der Waals surface area (Å²) in [7, 11) is 4.21. The molecule has 216 valence electrons. The van der Waals surface area contributed by atoms with Gasteiger partial charge in [-0.2, -0.15) is 0 Å². The summed E-state index contributed by atoms with van der Waals surface area (Å²) in [5.74, 6) is 1.49. The standard InChI is InChI=1S/C18H20BrNO2S.C15H18N2S/c1-17(2,3)22-16(21)20-9-12-8-18(12,10-20)15-6-11-4-5-13(19)7-14(11)23-15;1-17(2)12-4-3-10-5-14(18-13(10)6-12)15-7-11(15)8-16-9-15/h4-7,12H,8-10H2,1-3H3;3-6,11,16H,7-9H2,1-2H3. The number of benzene rings is 2. The Hall–Kier alpha value is -2.13. The van der Waals surface area contributed by atoms with Crippen molar-refractivity contribution in [3.8, 4) is 0 Å². The SMILES string of the molecule is CC(C)(C)OC(=O)N1CC2CC2(c2cc3ccc(Br)cc3s2)C1.CN(C)c1ccc2cc(C34CNCC3C4)sc2c1. The van der Waals surface area contributed by atoms with Crippen LogP contribution in [0.15, 0.2) is 53.0 Å². The van der Waals surface area contributed by atoms with Gasteiger partial charge in [-0.3, -0.25) is 0 Å². The molecule has 1 N–H and O–H groups in total. The van der Waals surface area contributed by atoms with Crippen molar-refractivity contribution >= 4 is 70.6 Å². The monoisotopic (exact) mass is 651 g/mol. The Morgan fingerprint density at radius 3 is 2.27 bits per heavy atom. The second-order valence-electron chi connectivity index (χ2n) is 13.6. The molecule has 8 heteroatoms. The molecule has 4 atom stereocenters. The number of nitrogens with one attached hydrogen (secondary N) is 1. The van der Waals surface area contributed by atoms with E-state index < -0.39 is 5.60 Å². The number of rotatable bonds is 3. The fourth-order valence-corrected chi connectivity index (χ4v) is 10.1. The summed E-state index contributed by atoms with van der Waals surface area (Å²) in [5.41, 5.74) is 1.54. The Morgan fingerprint density at radius 2 is 1.63 bits per heavy atom. The molecule has 2 aromatic carbocycles. The van der Waals surface area contributed by atoms with Crippen LogP contribution in [0.5, 0.6) is 0 Å². The Morgan fingerprint density at radius 1 is 0.976 bits per heavy atom. The number of likely N-dealkylation sites (tertiary alicyclic amines) is 1. The molecular weight excluding hydrogens is 614 g/mol. The van der Waals surface area contributed by atoms with Gasteiger partial charge in [0.05, 0.1) is 0 Å². The summed E-state index contributed by atoms with van der Waals surface area (Å²) in [6.07, 6.45) is 2.42. The molecule has 2 aliphatic carbocycles. The zero-order valence-electron chi connectivity index (χ0n) is 24.4. The first-order chi connectivity index (χ1) is 19.5. The summed E-state index contributed by atoms with van der Waals surface area (Å²) in [6, 6.07) is 18.0. The van der Waals surface area contributed by atoms with Crippen LogP contribution in [0.4, 0.5) is 10.5 Å². The second kappa shape index (κ2) is 9.69. The first-order valence-corrected chi connectivity index (χ1v) is 17.0. The zero-order valence-corrected chi connectivity index (χ0v) is 27.6. The van der Waals surface area contributed by atoms with E-state index in [1.807, 2.05) is 48.3 Å². The lowest BCUT2D eigenvalue weighted by atomic mass is 10.0. The first kappa shape index (κ1) is 27.7. The number of carbonyl (C=O) groups excluding carboxylic acids is 1. The number of thiophene rings is 2. The maximum Gasteiger partial charge on any atom is 0.410 e. The molecule has 4 aliphatic rings. The van der Waals surface area contributed by atoms with E-state index in [2.05, 4.69) is 88.8 Å². The van der Waals surface area contributed by atoms with Crippen LogP contribution in [-0.2, 0) is 15.6 Å². The van der Waals surface area contributed by atoms with Gasteiger partial charge in [-0.05, 0) is 99.2 Å². The number of nitrogens with zero attached hydrogens (tertiary/aromatic N) is 2. The molecule has 0 bridgehead atoms. The van der Waals surface area contributed by atoms with Gasteiger partial charge in [0.1, 0.15) is 5.60 Å². The van der Waals surface area contributed by atoms with Gasteiger partial charge in [-0.15, -0.1) is 22.7 Å². The van der Waals surface area contributed by atoms with Gasteiger partial charge in [-0.25, -0.2) is 4.79 Å². The Bertz CT molecular complexity index is 1660. The van der Waals surface area contributed by atoms with Crippen molar-refractivity contribution in [2.24, 2.45) is 11.8 Å². The molecule has 41 heavy (non-hydrogen) atoms. The number of halogens is 1. The average molecular weight is 653 g/mol. The molecule has 5 nitrogen and oxygen atoms in total. The molecule has 2 saturated carbocycles. The highest BCUT2D eigenvalue weighted by Gasteiger charge is 2.63. The minimum Gasteiger partial charge on any atom is -0.444 e. The molecule has 4 heterocycles. The second-order valence-corrected chi connectivity index (χ2v) is 16.7. The zero-order chi connectivity index (χ0) is 28.7. The smallest absolute Gasteiger partial charge is 0.410 e. The van der Waals surface area contributed by atoms with Crippen LogP contribution >= 0.6 is 38.6 Å². The third-order valence-corrected chi connectivity index (χ3v) is 12.5. The van der Waals surface area contributed by atoms with Gasteiger partial charge in [0, 0.05) is 73.9 Å². The van der Waals surface area contributed by atoms with Crippen molar-refractivity contribution in [3.63, 3.8) is 0 Å². The van der Waals surface area contributed by atoms with E-state index in [9.17, 15) is 4.79 Å². The van der Waals surface area contributed by atoms with E-state index in [1.165, 1.54) is 56.7 Å². The Kier molecular flexibility index (Phi) is 6.55. The Balaban J connectivity index is 0.000000139. The van der Waals surface area contributed by atoms with Crippen molar-refractivity contribution in [3.05, 3.63) is 62.8 Å². The largest absolute Gasteiger partial charge is 0.444 e. The van der Waals surface area contributed by atoms with Gasteiger partial charge in [0.25, 0.3) is 0 Å². The minimum atomic E-state index is -0.430. The van der Waals surface area contributed by atoms with Crippen LogP contribution in [0.2, 0.25) is 0 Å². The molecule has 2 aromatic heterocycles. The summed E-state index contributed by atoms with van der Waals surface area (Å²) < 4.78 is 9.39. The van der Waals surface area contributed by atoms with Crippen molar-refractivity contribution in [2.45, 2.75) is 50.0 Å². The topological polar surface area (TPSA) is 44.8 Å². The maximum absolute atomic E-state index is 12.3. The highest BCUT2D eigenvalue weighted by molar-refractivity contribution is 9.10. The molecular formula is C33H38BrN3O2S2. The van der Waals surface area contributed by atoms with Crippen LogP contribution in [0.25, 0.3) is 20.2 Å². The fourth-order valence-electron chi connectivity index (χ4n) is 6.85. The number of anilines is 1. The van der Waals surface area contributed by atoms with Gasteiger partial charge < -0.3 is 19.9 Å². The van der Waals surface area contributed by atoms with E-state index in [1.54, 1.807) is 4.88 Å². The molecule has 1 amide bonds. The highest BCUT2D eigenvalue weighted by atomic mass is 79.9. The molecule has 2 aliphatic heterocycles. The number of ether oxygens (including phenoxy) is 1. The maximum atomic E-state index is 12.3. The van der Waals surface area contributed by atoms with Gasteiger partial charge in [0.2, 0.25) is 0 Å². The van der Waals surface area contributed by atoms with E-state index in [4.69, 9.17) is 4.74 Å². The average Bonchev–Trinajstić information content (AvgIpc) is 3.43. The normalized spacial score (nSPS) is 27.8. The lowest BCUT2D eigenvalue weighted by molar-refractivity contribution is 0.0270. The first-order valence-electron chi connectivity index (χ1n) is 14.6. The summed E-state index contributed by atoms with van der Waals surface area (Å²) in [4.78, 5) is 19.4. The van der Waals surface area contributed by atoms with Crippen LogP contribution in [-0.4, -0.2) is 56.9 Å². The predicted octanol–water partition coefficient (Wildman–Crippen LogP) is 8.00. The van der Waals surface area contributed by atoms with Crippen molar-refractivity contribution in [2.75, 3.05) is 45.2 Å². The van der Waals surface area contributed by atoms with E-state index >= 15 is 0 Å². The molecule has 4 aromatic rings. The molecule has 0 spiro atoms. The number of carbonyl (C=O) groups is 1. The third kappa shape index (κ3) is 4.98. The molecule has 0 radical (unpaired) electrons. The number of hydrogen-bond acceptors (Lipinski definition) is 6. The highest BCUT2D eigenvalue weighted by Crippen LogP contribution is 2.61. The summed E-state index contributed by atoms with van der Waals surface area (Å²) in [6.45, 7) is 9.78. The summed E-state index contributed by atoms with van der Waals surface area (Å²) in [5, 5.41) is 6.24. The quantitative estimate of drug-likeness (QED) is 0.244. The van der Waals surface area contributed by atoms with E-state index in [0.717, 1.165) is 23.5 Å². The molecule has 2 saturated heterocycles. The molecule has 8 rings (SSSR count). The predicted molar refractivity (Wildman–Crippen MR) is 176 cm³/mol. The lowest BCUT2D eigenvalue weighted by Gasteiger charge is -2.26. The summed E-state index contributed by atoms with van der Waals surface area (Å²) >= 11 is 7.41. The Labute approximate surface area is 259 Å².